The van der Waals surface area contributed by atoms with Crippen LogP contribution in [0.4, 0.5) is 4.39 Å². The minimum Gasteiger partial charge on any atom is -0.497 e. The van der Waals surface area contributed by atoms with Gasteiger partial charge >= 0.3 is 0 Å². The lowest BCUT2D eigenvalue weighted by Crippen LogP contribution is -2.58. The molecule has 0 radical (unpaired) electrons. The number of nitrogens with zero attached hydrogens (tertiary/aromatic N) is 2. The number of aromatic amines is 1. The van der Waals surface area contributed by atoms with Crippen molar-refractivity contribution in [3.05, 3.63) is 70.3 Å². The SMILES string of the molecule is COc1ccc(-c2[nH]n(-c3ccc(F)cc3)c(=O)c2C(C)=NC2CC(C)(C)NC(C)(C)C2)cc1. The highest BCUT2D eigenvalue weighted by molar-refractivity contribution is 6.03. The fourth-order valence-corrected chi connectivity index (χ4v) is 5.21. The van der Waals surface area contributed by atoms with Gasteiger partial charge in [0.15, 0.2) is 0 Å². The van der Waals surface area contributed by atoms with Crippen LogP contribution in [0.5, 0.6) is 5.75 Å². The van der Waals surface area contributed by atoms with E-state index in [1.54, 1.807) is 19.2 Å². The Morgan fingerprint density at radius 2 is 1.62 bits per heavy atom. The highest BCUT2D eigenvalue weighted by Crippen LogP contribution is 2.31. The molecule has 1 aromatic heterocycles. The molecule has 3 aromatic rings. The predicted molar refractivity (Wildman–Crippen MR) is 135 cm³/mol. The summed E-state index contributed by atoms with van der Waals surface area (Å²) in [5, 5.41) is 6.92. The number of aliphatic imine (C=N–C) groups is 1. The fourth-order valence-electron chi connectivity index (χ4n) is 5.21. The van der Waals surface area contributed by atoms with Gasteiger partial charge in [-0.3, -0.25) is 14.9 Å². The Morgan fingerprint density at radius 3 is 2.18 bits per heavy atom. The van der Waals surface area contributed by atoms with Gasteiger partial charge in [-0.1, -0.05) is 0 Å². The first-order valence-electron chi connectivity index (χ1n) is 11.6. The number of benzene rings is 2. The van der Waals surface area contributed by atoms with Gasteiger partial charge in [-0.25, -0.2) is 9.07 Å². The average Bonchev–Trinajstić information content (AvgIpc) is 3.09. The number of methoxy groups -OCH3 is 1. The van der Waals surface area contributed by atoms with Gasteiger partial charge in [-0.2, -0.15) is 0 Å². The van der Waals surface area contributed by atoms with Crippen molar-refractivity contribution in [1.82, 2.24) is 15.1 Å². The van der Waals surface area contributed by atoms with E-state index in [9.17, 15) is 9.18 Å². The van der Waals surface area contributed by atoms with Crippen LogP contribution in [0, 0.1) is 5.82 Å². The Labute approximate surface area is 199 Å². The summed E-state index contributed by atoms with van der Waals surface area (Å²) in [7, 11) is 1.62. The molecule has 2 aromatic carbocycles. The van der Waals surface area contributed by atoms with Crippen molar-refractivity contribution in [2.75, 3.05) is 7.11 Å². The molecule has 0 aliphatic carbocycles. The smallest absolute Gasteiger partial charge is 0.280 e. The molecule has 0 spiro atoms. The van der Waals surface area contributed by atoms with E-state index in [4.69, 9.17) is 9.73 Å². The lowest BCUT2D eigenvalue weighted by atomic mass is 9.80. The standard InChI is InChI=1S/C27H33FN4O2/c1-17(29-20-15-26(2,3)31-27(4,5)16-20)23-24(18-7-13-22(34-6)14-8-18)30-32(25(23)33)21-11-9-19(28)10-12-21/h7-14,20,30-31H,15-16H2,1-6H3. The minimum absolute atomic E-state index is 0.0541. The minimum atomic E-state index is -0.354. The average molecular weight is 465 g/mol. The van der Waals surface area contributed by atoms with Crippen molar-refractivity contribution in [2.45, 2.75) is 64.6 Å². The predicted octanol–water partition coefficient (Wildman–Crippen LogP) is 5.10. The molecule has 0 atom stereocenters. The van der Waals surface area contributed by atoms with E-state index < -0.39 is 0 Å². The van der Waals surface area contributed by atoms with Crippen LogP contribution in [-0.4, -0.2) is 39.7 Å². The third-order valence-electron chi connectivity index (χ3n) is 6.26. The summed E-state index contributed by atoms with van der Waals surface area (Å²) in [6.07, 6.45) is 1.75. The molecule has 0 saturated carbocycles. The molecule has 2 N–H and O–H groups in total. The van der Waals surface area contributed by atoms with E-state index in [2.05, 4.69) is 38.1 Å². The molecule has 180 valence electrons. The van der Waals surface area contributed by atoms with Crippen molar-refractivity contribution in [3.8, 4) is 22.7 Å². The monoisotopic (exact) mass is 464 g/mol. The molecular formula is C27H33FN4O2. The van der Waals surface area contributed by atoms with Gasteiger partial charge < -0.3 is 10.1 Å². The van der Waals surface area contributed by atoms with Gasteiger partial charge in [0, 0.05) is 22.4 Å². The summed E-state index contributed by atoms with van der Waals surface area (Å²) in [6.45, 7) is 10.6. The van der Waals surface area contributed by atoms with E-state index in [-0.39, 0.29) is 28.5 Å². The zero-order valence-corrected chi connectivity index (χ0v) is 20.7. The van der Waals surface area contributed by atoms with Crippen LogP contribution in [0.15, 0.2) is 58.3 Å². The van der Waals surface area contributed by atoms with Gasteiger partial charge in [-0.15, -0.1) is 0 Å². The number of aromatic nitrogens is 2. The van der Waals surface area contributed by atoms with Crippen molar-refractivity contribution >= 4 is 5.71 Å². The molecule has 4 rings (SSSR count). The normalized spacial score (nSPS) is 18.1. The summed E-state index contributed by atoms with van der Waals surface area (Å²) in [4.78, 5) is 18.7. The van der Waals surface area contributed by atoms with Crippen molar-refractivity contribution in [2.24, 2.45) is 4.99 Å². The van der Waals surface area contributed by atoms with E-state index in [1.165, 1.54) is 16.8 Å². The van der Waals surface area contributed by atoms with Gasteiger partial charge in [0.1, 0.15) is 11.6 Å². The summed E-state index contributed by atoms with van der Waals surface area (Å²) in [5.41, 5.74) is 2.95. The Kier molecular flexibility index (Phi) is 6.25. The molecule has 7 heteroatoms. The third-order valence-corrected chi connectivity index (χ3v) is 6.26. The maximum absolute atomic E-state index is 13.6. The molecule has 2 heterocycles. The molecule has 0 amide bonds. The first kappa shape index (κ1) is 24.0. The van der Waals surface area contributed by atoms with Crippen molar-refractivity contribution in [3.63, 3.8) is 0 Å². The molecule has 1 fully saturated rings. The Balaban J connectivity index is 1.83. The first-order chi connectivity index (χ1) is 16.0. The summed E-state index contributed by atoms with van der Waals surface area (Å²) in [6, 6.07) is 13.5. The number of nitrogens with one attached hydrogen (secondary N) is 2. The van der Waals surface area contributed by atoms with E-state index in [1.807, 2.05) is 31.2 Å². The van der Waals surface area contributed by atoms with E-state index >= 15 is 0 Å². The Hall–Kier alpha value is -3.19. The summed E-state index contributed by atoms with van der Waals surface area (Å²) >= 11 is 0. The summed E-state index contributed by atoms with van der Waals surface area (Å²) in [5.74, 6) is 0.378. The number of hydrogen-bond acceptors (Lipinski definition) is 4. The molecule has 6 nitrogen and oxygen atoms in total. The molecule has 1 aliphatic rings. The highest BCUT2D eigenvalue weighted by Gasteiger charge is 2.37. The van der Waals surface area contributed by atoms with Crippen LogP contribution >= 0.6 is 0 Å². The first-order valence-corrected chi connectivity index (χ1v) is 11.6. The van der Waals surface area contributed by atoms with Gasteiger partial charge in [0.2, 0.25) is 0 Å². The quantitative estimate of drug-likeness (QED) is 0.516. The van der Waals surface area contributed by atoms with Crippen molar-refractivity contribution < 1.29 is 9.13 Å². The number of piperidine rings is 1. The molecule has 1 saturated heterocycles. The lowest BCUT2D eigenvalue weighted by molar-refractivity contribution is 0.164. The largest absolute Gasteiger partial charge is 0.497 e. The van der Waals surface area contributed by atoms with E-state index in [0.717, 1.165) is 24.2 Å². The van der Waals surface area contributed by atoms with Crippen LogP contribution in [0.2, 0.25) is 0 Å². The Morgan fingerprint density at radius 1 is 1.03 bits per heavy atom. The maximum Gasteiger partial charge on any atom is 0.280 e. The molecule has 0 unspecified atom stereocenters. The van der Waals surface area contributed by atoms with Gasteiger partial charge in [-0.05, 0) is 96.0 Å². The number of halogens is 1. The number of hydrogen-bond donors (Lipinski definition) is 2. The molecular weight excluding hydrogens is 431 g/mol. The van der Waals surface area contributed by atoms with E-state index in [0.29, 0.717) is 22.7 Å². The highest BCUT2D eigenvalue weighted by atomic mass is 19.1. The third kappa shape index (κ3) is 4.99. The second kappa shape index (κ2) is 8.87. The molecule has 34 heavy (non-hydrogen) atoms. The molecule has 1 aliphatic heterocycles. The summed E-state index contributed by atoms with van der Waals surface area (Å²) < 4.78 is 20.2. The fraction of sp³-hybridized carbons (Fsp3) is 0.407. The van der Waals surface area contributed by atoms with Crippen LogP contribution in [0.25, 0.3) is 16.9 Å². The number of H-pyrrole nitrogens is 1. The second-order valence-corrected chi connectivity index (χ2v) is 10.4. The number of ether oxygens (including phenoxy) is 1. The van der Waals surface area contributed by atoms with Crippen LogP contribution in [0.3, 0.4) is 0 Å². The zero-order chi connectivity index (χ0) is 24.7. The Bertz CT molecular complexity index is 1240. The van der Waals surface area contributed by atoms with Crippen LogP contribution in [-0.2, 0) is 0 Å². The van der Waals surface area contributed by atoms with Crippen LogP contribution in [0.1, 0.15) is 53.0 Å². The van der Waals surface area contributed by atoms with Crippen LogP contribution < -0.4 is 15.6 Å². The topological polar surface area (TPSA) is 71.4 Å². The zero-order valence-electron chi connectivity index (χ0n) is 20.7. The van der Waals surface area contributed by atoms with Crippen molar-refractivity contribution in [1.29, 1.82) is 0 Å². The number of rotatable bonds is 5. The molecule has 0 bridgehead atoms. The maximum atomic E-state index is 13.6. The lowest BCUT2D eigenvalue weighted by Gasteiger charge is -2.45. The second-order valence-electron chi connectivity index (χ2n) is 10.4. The van der Waals surface area contributed by atoms with Gasteiger partial charge in [0.25, 0.3) is 5.56 Å². The van der Waals surface area contributed by atoms with Gasteiger partial charge in [0.05, 0.1) is 30.1 Å².